The maximum Gasteiger partial charge on any atom is 0.305 e. The molecule has 0 bridgehead atoms. The second-order valence-electron chi connectivity index (χ2n) is 4.76. The summed E-state index contributed by atoms with van der Waals surface area (Å²) in [6, 6.07) is 8.72. The van der Waals surface area contributed by atoms with Crippen LogP contribution in [0, 0.1) is 0 Å². The third-order valence-corrected chi connectivity index (χ3v) is 3.64. The molecule has 1 atom stereocenters. The molecule has 1 aromatic carbocycles. The topological polar surface area (TPSA) is 50.4 Å². The highest BCUT2D eigenvalue weighted by Crippen LogP contribution is 2.30. The van der Waals surface area contributed by atoms with Crippen molar-refractivity contribution in [1.29, 1.82) is 0 Å². The second-order valence-corrected chi connectivity index (χ2v) is 5.17. The Morgan fingerprint density at radius 2 is 2.25 bits per heavy atom. The first-order chi connectivity index (χ1) is 9.70. The predicted molar refractivity (Wildman–Crippen MR) is 82.5 cm³/mol. The molecule has 5 heteroatoms. The summed E-state index contributed by atoms with van der Waals surface area (Å²) in [6.07, 6.45) is 2.55. The minimum absolute atomic E-state index is 0.185. The van der Waals surface area contributed by atoms with Gasteiger partial charge in [0, 0.05) is 6.42 Å². The van der Waals surface area contributed by atoms with Crippen molar-refractivity contribution in [2.45, 2.75) is 32.2 Å². The fourth-order valence-electron chi connectivity index (χ4n) is 2.35. The monoisotopic (exact) mass is 292 g/mol. The summed E-state index contributed by atoms with van der Waals surface area (Å²) in [4.78, 5) is 11.0. The second kappa shape index (κ2) is 7.24. The highest BCUT2D eigenvalue weighted by atomic mass is 32.1. The number of hydrogen-bond acceptors (Lipinski definition) is 3. The van der Waals surface area contributed by atoms with E-state index in [4.69, 9.17) is 17.0 Å². The minimum atomic E-state index is -0.185. The third-order valence-electron chi connectivity index (χ3n) is 3.38. The predicted octanol–water partition coefficient (Wildman–Crippen LogP) is 2.09. The van der Waals surface area contributed by atoms with Crippen LogP contribution in [0.3, 0.4) is 0 Å². The average molecular weight is 292 g/mol. The van der Waals surface area contributed by atoms with Gasteiger partial charge in [-0.15, -0.1) is 0 Å². The van der Waals surface area contributed by atoms with Crippen LogP contribution in [-0.2, 0) is 16.0 Å². The van der Waals surface area contributed by atoms with Crippen molar-refractivity contribution in [2.24, 2.45) is 0 Å². The van der Waals surface area contributed by atoms with E-state index in [1.165, 1.54) is 11.1 Å². The molecular weight excluding hydrogens is 272 g/mol. The maximum absolute atomic E-state index is 11.0. The van der Waals surface area contributed by atoms with Gasteiger partial charge in [0.25, 0.3) is 0 Å². The lowest BCUT2D eigenvalue weighted by Gasteiger charge is -2.17. The van der Waals surface area contributed by atoms with Gasteiger partial charge in [0.1, 0.15) is 6.61 Å². The van der Waals surface area contributed by atoms with Crippen LogP contribution in [0.25, 0.3) is 0 Å². The molecule has 4 nitrogen and oxygen atoms in total. The number of carbonyl (C=O) groups excluding carboxylic acids is 1. The van der Waals surface area contributed by atoms with Crippen LogP contribution in [-0.4, -0.2) is 24.2 Å². The summed E-state index contributed by atoms with van der Waals surface area (Å²) in [6.45, 7) is 2.65. The number of carbonyl (C=O) groups is 1. The van der Waals surface area contributed by atoms with E-state index in [9.17, 15) is 4.79 Å². The van der Waals surface area contributed by atoms with Crippen LogP contribution in [0.1, 0.15) is 36.9 Å². The Labute approximate surface area is 124 Å². The van der Waals surface area contributed by atoms with Gasteiger partial charge in [0.15, 0.2) is 5.11 Å². The molecule has 0 saturated carbocycles. The molecule has 0 heterocycles. The number of benzene rings is 1. The van der Waals surface area contributed by atoms with Crippen LogP contribution in [0.15, 0.2) is 24.3 Å². The number of fused-ring (bicyclic) bond motifs is 1. The SMILES string of the molecule is CCC(=O)OCCNC(=S)NC1CCc2ccccc21. The van der Waals surface area contributed by atoms with E-state index in [1.807, 2.05) is 0 Å². The Hall–Kier alpha value is -1.62. The van der Waals surface area contributed by atoms with Gasteiger partial charge in [0.05, 0.1) is 12.6 Å². The van der Waals surface area contributed by atoms with Crippen molar-refractivity contribution < 1.29 is 9.53 Å². The average Bonchev–Trinajstić information content (AvgIpc) is 2.86. The zero-order chi connectivity index (χ0) is 14.4. The van der Waals surface area contributed by atoms with E-state index in [0.717, 1.165) is 12.8 Å². The molecule has 1 aliphatic carbocycles. The molecule has 1 aromatic rings. The fraction of sp³-hybridized carbons (Fsp3) is 0.467. The van der Waals surface area contributed by atoms with Gasteiger partial charge in [-0.05, 0) is 36.2 Å². The van der Waals surface area contributed by atoms with Gasteiger partial charge in [-0.25, -0.2) is 0 Å². The van der Waals surface area contributed by atoms with Gasteiger partial charge in [-0.3, -0.25) is 4.79 Å². The van der Waals surface area contributed by atoms with E-state index in [0.29, 0.717) is 24.7 Å². The molecule has 20 heavy (non-hydrogen) atoms. The zero-order valence-electron chi connectivity index (χ0n) is 11.6. The van der Waals surface area contributed by atoms with Crippen molar-refractivity contribution in [3.8, 4) is 0 Å². The first-order valence-electron chi connectivity index (χ1n) is 6.98. The van der Waals surface area contributed by atoms with Crippen molar-refractivity contribution in [3.63, 3.8) is 0 Å². The van der Waals surface area contributed by atoms with Gasteiger partial charge < -0.3 is 15.4 Å². The molecule has 0 aromatic heterocycles. The first-order valence-corrected chi connectivity index (χ1v) is 7.39. The molecule has 2 N–H and O–H groups in total. The van der Waals surface area contributed by atoms with Gasteiger partial charge in [-0.1, -0.05) is 31.2 Å². The number of hydrogen-bond donors (Lipinski definition) is 2. The fourth-order valence-corrected chi connectivity index (χ4v) is 2.59. The van der Waals surface area contributed by atoms with E-state index in [-0.39, 0.29) is 12.0 Å². The molecule has 0 fully saturated rings. The van der Waals surface area contributed by atoms with Crippen LogP contribution in [0.4, 0.5) is 0 Å². The maximum atomic E-state index is 11.0. The summed E-state index contributed by atoms with van der Waals surface area (Å²) in [7, 11) is 0. The van der Waals surface area contributed by atoms with E-state index in [2.05, 4.69) is 34.9 Å². The van der Waals surface area contributed by atoms with Crippen molar-refractivity contribution in [2.75, 3.05) is 13.2 Å². The smallest absolute Gasteiger partial charge is 0.305 e. The Balaban J connectivity index is 1.72. The van der Waals surface area contributed by atoms with Crippen molar-refractivity contribution in [1.82, 2.24) is 10.6 Å². The van der Waals surface area contributed by atoms with Crippen molar-refractivity contribution in [3.05, 3.63) is 35.4 Å². The normalized spacial score (nSPS) is 16.4. The van der Waals surface area contributed by atoms with Crippen LogP contribution < -0.4 is 10.6 Å². The first kappa shape index (κ1) is 14.8. The Morgan fingerprint density at radius 3 is 3.05 bits per heavy atom. The molecule has 0 spiro atoms. The summed E-state index contributed by atoms with van der Waals surface area (Å²) in [5.74, 6) is -0.185. The van der Waals surface area contributed by atoms with E-state index < -0.39 is 0 Å². The lowest BCUT2D eigenvalue weighted by atomic mass is 10.1. The summed E-state index contributed by atoms with van der Waals surface area (Å²) < 4.78 is 4.98. The largest absolute Gasteiger partial charge is 0.464 e. The molecule has 0 saturated heterocycles. The zero-order valence-corrected chi connectivity index (χ0v) is 12.5. The quantitative estimate of drug-likeness (QED) is 0.494. The highest BCUT2D eigenvalue weighted by molar-refractivity contribution is 7.80. The molecule has 0 aliphatic heterocycles. The third kappa shape index (κ3) is 3.93. The summed E-state index contributed by atoms with van der Waals surface area (Å²) >= 11 is 5.26. The Bertz CT molecular complexity index is 491. The number of ether oxygens (including phenoxy) is 1. The highest BCUT2D eigenvalue weighted by Gasteiger charge is 2.21. The van der Waals surface area contributed by atoms with Crippen LogP contribution in [0.5, 0.6) is 0 Å². The molecule has 1 aliphatic rings. The number of thiocarbonyl (C=S) groups is 1. The molecule has 1 unspecified atom stereocenters. The molecule has 0 radical (unpaired) electrons. The summed E-state index contributed by atoms with van der Waals surface area (Å²) in [5, 5.41) is 6.99. The van der Waals surface area contributed by atoms with Gasteiger partial charge in [0.2, 0.25) is 0 Å². The van der Waals surface area contributed by atoms with Crippen molar-refractivity contribution >= 4 is 23.3 Å². The molecular formula is C15H20N2O2S. The molecule has 0 amide bonds. The lowest BCUT2D eigenvalue weighted by molar-refractivity contribution is -0.143. The van der Waals surface area contributed by atoms with E-state index >= 15 is 0 Å². The Kier molecular flexibility index (Phi) is 5.35. The molecule has 108 valence electrons. The van der Waals surface area contributed by atoms with Crippen LogP contribution in [0.2, 0.25) is 0 Å². The van der Waals surface area contributed by atoms with Gasteiger partial charge in [-0.2, -0.15) is 0 Å². The minimum Gasteiger partial charge on any atom is -0.464 e. The Morgan fingerprint density at radius 1 is 1.45 bits per heavy atom. The molecule has 2 rings (SSSR count). The lowest BCUT2D eigenvalue weighted by Crippen LogP contribution is -2.38. The number of nitrogens with one attached hydrogen (secondary N) is 2. The van der Waals surface area contributed by atoms with E-state index in [1.54, 1.807) is 6.92 Å². The van der Waals surface area contributed by atoms with Gasteiger partial charge >= 0.3 is 5.97 Å². The number of esters is 1. The summed E-state index contributed by atoms with van der Waals surface area (Å²) in [5.41, 5.74) is 2.72. The van der Waals surface area contributed by atoms with Crippen LogP contribution >= 0.6 is 12.2 Å². The number of rotatable bonds is 5. The standard InChI is InChI=1S/C15H20N2O2S/c1-2-14(18)19-10-9-16-15(20)17-13-8-7-11-5-3-4-6-12(11)13/h3-6,13H,2,7-10H2,1H3,(H2,16,17,20). The number of aryl methyl sites for hydroxylation is 1.